The van der Waals surface area contributed by atoms with Gasteiger partial charge in [-0.1, -0.05) is 87.8 Å². The summed E-state index contributed by atoms with van der Waals surface area (Å²) in [6, 6.07) is 31.5. The second kappa shape index (κ2) is 14.2. The van der Waals surface area contributed by atoms with Crippen LogP contribution in [0.3, 0.4) is 0 Å². The smallest absolute Gasteiger partial charge is 0.120 e. The molecule has 1 unspecified atom stereocenters. The van der Waals surface area contributed by atoms with Crippen molar-refractivity contribution in [3.8, 4) is 22.5 Å². The van der Waals surface area contributed by atoms with Crippen LogP contribution in [-0.4, -0.2) is 18.0 Å². The van der Waals surface area contributed by atoms with E-state index in [1.807, 2.05) is 55.7 Å². The number of benzene rings is 3. The number of aromatic nitrogens is 2. The molecule has 1 atom stereocenters. The maximum Gasteiger partial charge on any atom is 0.120 e. The van der Waals surface area contributed by atoms with Gasteiger partial charge in [0.1, 0.15) is 5.58 Å². The summed E-state index contributed by atoms with van der Waals surface area (Å²) in [4.78, 5) is 9.13. The zero-order valence-corrected chi connectivity index (χ0v) is 30.5. The molecule has 0 saturated heterocycles. The molecule has 0 bridgehead atoms. The first-order valence-electron chi connectivity index (χ1n) is 15.3. The van der Waals surface area contributed by atoms with Crippen LogP contribution in [-0.2, 0) is 20.1 Å². The van der Waals surface area contributed by atoms with E-state index in [9.17, 15) is 0 Å². The normalized spacial score (nSPS) is 12.1. The molecule has 44 heavy (non-hydrogen) atoms. The summed E-state index contributed by atoms with van der Waals surface area (Å²) < 4.78 is 6.43. The average Bonchev–Trinajstić information content (AvgIpc) is 3.38. The van der Waals surface area contributed by atoms with E-state index in [-0.39, 0.29) is 20.1 Å². The van der Waals surface area contributed by atoms with Crippen molar-refractivity contribution in [3.63, 3.8) is 0 Å². The SMILES string of the molecule is CCC(c1cc(-c2[c-]cc([Si](C)(C)C)c3c2oc2ccccc23)ncc1C)C(C)C.Cc1ccc(-c2[c-]cccc2)nc1.[Ir]. The molecular formula is C39H42IrN2OSi-2. The number of furan rings is 1. The molecule has 3 aromatic heterocycles. The topological polar surface area (TPSA) is 38.9 Å². The van der Waals surface area contributed by atoms with Crippen LogP contribution in [0.25, 0.3) is 44.5 Å². The van der Waals surface area contributed by atoms with E-state index in [2.05, 4.69) is 101 Å². The van der Waals surface area contributed by atoms with E-state index in [1.165, 1.54) is 32.6 Å². The second-order valence-corrected chi connectivity index (χ2v) is 17.9. The molecule has 0 aliphatic rings. The molecule has 0 aliphatic heterocycles. The Morgan fingerprint density at radius 3 is 2.23 bits per heavy atom. The fraction of sp³-hybridized carbons (Fsp3) is 0.282. The molecule has 3 nitrogen and oxygen atoms in total. The molecule has 6 rings (SSSR count). The van der Waals surface area contributed by atoms with Crippen LogP contribution in [0.5, 0.6) is 0 Å². The minimum Gasteiger partial charge on any atom is -0.501 e. The Hall–Kier alpha value is -3.37. The van der Waals surface area contributed by atoms with Gasteiger partial charge >= 0.3 is 0 Å². The molecule has 0 amide bonds. The Bertz CT molecular complexity index is 1840. The van der Waals surface area contributed by atoms with Crippen molar-refractivity contribution < 1.29 is 24.5 Å². The Balaban J connectivity index is 0.000000264. The molecule has 0 aliphatic carbocycles. The van der Waals surface area contributed by atoms with Crippen molar-refractivity contribution in [2.24, 2.45) is 5.92 Å². The van der Waals surface area contributed by atoms with Gasteiger partial charge < -0.3 is 14.4 Å². The number of hydrogen-bond donors (Lipinski definition) is 0. The van der Waals surface area contributed by atoms with Crippen molar-refractivity contribution in [1.82, 2.24) is 9.97 Å². The van der Waals surface area contributed by atoms with Crippen molar-refractivity contribution >= 4 is 35.2 Å². The van der Waals surface area contributed by atoms with Crippen LogP contribution < -0.4 is 5.19 Å². The van der Waals surface area contributed by atoms with E-state index < -0.39 is 8.07 Å². The largest absolute Gasteiger partial charge is 0.501 e. The third kappa shape index (κ3) is 7.12. The van der Waals surface area contributed by atoms with Gasteiger partial charge in [-0.25, -0.2) is 0 Å². The molecule has 5 heteroatoms. The number of aryl methyl sites for hydroxylation is 2. The predicted octanol–water partition coefficient (Wildman–Crippen LogP) is 10.3. The van der Waals surface area contributed by atoms with Crippen molar-refractivity contribution in [1.29, 1.82) is 0 Å². The summed E-state index contributed by atoms with van der Waals surface area (Å²) >= 11 is 0. The monoisotopic (exact) mass is 775 g/mol. The minimum absolute atomic E-state index is 0. The van der Waals surface area contributed by atoms with Crippen LogP contribution >= 0.6 is 0 Å². The summed E-state index contributed by atoms with van der Waals surface area (Å²) in [5.74, 6) is 1.12. The van der Waals surface area contributed by atoms with Gasteiger partial charge in [-0.3, -0.25) is 0 Å². The van der Waals surface area contributed by atoms with Crippen LogP contribution in [0, 0.1) is 31.9 Å². The Labute approximate surface area is 277 Å². The Kier molecular flexibility index (Phi) is 10.8. The summed E-state index contributed by atoms with van der Waals surface area (Å²) in [7, 11) is -1.57. The van der Waals surface area contributed by atoms with Crippen LogP contribution in [0.2, 0.25) is 19.6 Å². The number of fused-ring (bicyclic) bond motifs is 3. The summed E-state index contributed by atoms with van der Waals surface area (Å²) in [6.07, 6.45) is 5.01. The fourth-order valence-corrected chi connectivity index (χ4v) is 7.36. The number of rotatable bonds is 6. The van der Waals surface area contributed by atoms with Crippen LogP contribution in [0.15, 0.2) is 89.6 Å². The van der Waals surface area contributed by atoms with Gasteiger partial charge in [0.25, 0.3) is 0 Å². The average molecular weight is 775 g/mol. The van der Waals surface area contributed by atoms with E-state index in [4.69, 9.17) is 9.40 Å². The first-order valence-corrected chi connectivity index (χ1v) is 18.8. The Morgan fingerprint density at radius 2 is 1.59 bits per heavy atom. The van der Waals surface area contributed by atoms with E-state index in [0.29, 0.717) is 11.8 Å². The predicted molar refractivity (Wildman–Crippen MR) is 185 cm³/mol. The summed E-state index contributed by atoms with van der Waals surface area (Å²) in [6.45, 7) is 18.2. The molecule has 0 fully saturated rings. The Morgan fingerprint density at radius 1 is 0.864 bits per heavy atom. The summed E-state index contributed by atoms with van der Waals surface area (Å²) in [5, 5.41) is 3.84. The van der Waals surface area contributed by atoms with E-state index in [0.717, 1.165) is 40.1 Å². The third-order valence-electron chi connectivity index (χ3n) is 8.20. The maximum atomic E-state index is 6.43. The zero-order valence-electron chi connectivity index (χ0n) is 27.1. The van der Waals surface area contributed by atoms with Gasteiger partial charge in [0.05, 0.1) is 5.58 Å². The number of hydrogen-bond acceptors (Lipinski definition) is 3. The number of para-hydroxylation sites is 1. The van der Waals surface area contributed by atoms with Crippen molar-refractivity contribution in [2.45, 2.75) is 66.6 Å². The van der Waals surface area contributed by atoms with Crippen molar-refractivity contribution in [2.75, 3.05) is 0 Å². The quantitative estimate of drug-likeness (QED) is 0.125. The van der Waals surface area contributed by atoms with Gasteiger partial charge in [-0.2, -0.15) is 0 Å². The molecule has 3 aromatic carbocycles. The molecule has 3 heterocycles. The molecule has 229 valence electrons. The summed E-state index contributed by atoms with van der Waals surface area (Å²) in [5.41, 5.74) is 9.66. The van der Waals surface area contributed by atoms with E-state index >= 15 is 0 Å². The standard InChI is InChI=1S/C27H32NOSi.C12H10N.Ir/c1-8-19(17(2)3)22-15-23(28-16-18(22)4)20-13-14-25(30(5,6)7)26-21-11-9-10-12-24(21)29-27(20)26;1-10-7-8-12(13-9-10)11-5-3-2-4-6-11;/h9-12,14-17,19H,8H2,1-7H3;2-5,7-9H,1H3;/q2*-1;. The van der Waals surface area contributed by atoms with Gasteiger partial charge in [0.2, 0.25) is 0 Å². The zero-order chi connectivity index (χ0) is 30.7. The number of pyridine rings is 2. The van der Waals surface area contributed by atoms with Gasteiger partial charge in [-0.15, -0.1) is 53.2 Å². The maximum absolute atomic E-state index is 6.43. The van der Waals surface area contributed by atoms with Crippen LogP contribution in [0.4, 0.5) is 0 Å². The molecular weight excluding hydrogens is 733 g/mol. The van der Waals surface area contributed by atoms with Gasteiger partial charge in [0, 0.05) is 46.0 Å². The third-order valence-corrected chi connectivity index (χ3v) is 10.2. The molecule has 6 aromatic rings. The second-order valence-electron chi connectivity index (χ2n) is 12.8. The van der Waals surface area contributed by atoms with Crippen molar-refractivity contribution in [3.05, 3.63) is 114 Å². The van der Waals surface area contributed by atoms with Crippen LogP contribution in [0.1, 0.15) is 49.8 Å². The first kappa shape index (κ1) is 33.5. The molecule has 0 saturated carbocycles. The number of nitrogens with zero attached hydrogens (tertiary/aromatic N) is 2. The fourth-order valence-electron chi connectivity index (χ4n) is 5.86. The first-order chi connectivity index (χ1) is 20.6. The van der Waals surface area contributed by atoms with Gasteiger partial charge in [-0.05, 0) is 66.2 Å². The van der Waals surface area contributed by atoms with E-state index in [1.54, 1.807) is 0 Å². The van der Waals surface area contributed by atoms with Gasteiger partial charge in [0.15, 0.2) is 0 Å². The molecule has 0 N–H and O–H groups in total. The molecule has 1 radical (unpaired) electrons. The molecule has 0 spiro atoms. The minimum atomic E-state index is -1.57.